The van der Waals surface area contributed by atoms with Crippen LogP contribution in [0.2, 0.25) is 0 Å². The summed E-state index contributed by atoms with van der Waals surface area (Å²) in [5.74, 6) is -3.21. The Bertz CT molecular complexity index is 1670. The van der Waals surface area contributed by atoms with E-state index in [0.717, 1.165) is 141 Å². The fraction of sp³-hybridized carbons (Fsp3) is 0.683. The molecule has 1 aliphatic rings. The van der Waals surface area contributed by atoms with Crippen LogP contribution in [0.3, 0.4) is 0 Å². The smallest absolute Gasteiger partial charge is 0.335 e. The monoisotopic (exact) mass is 1050 g/mol. The number of carboxylic acids is 1. The molecule has 75 heavy (non-hydrogen) atoms. The largest absolute Gasteiger partial charge is 0.479 e. The molecule has 1 aliphatic heterocycles. The van der Waals surface area contributed by atoms with Crippen molar-refractivity contribution in [2.24, 2.45) is 0 Å². The molecule has 0 aromatic rings. The molecule has 12 nitrogen and oxygen atoms in total. The Morgan fingerprint density at radius 1 is 0.453 bits per heavy atom. The minimum atomic E-state index is -1.92. The molecule has 0 radical (unpaired) electrons. The first-order chi connectivity index (χ1) is 36.6. The van der Waals surface area contributed by atoms with Crippen molar-refractivity contribution >= 4 is 23.9 Å². The summed E-state index contributed by atoms with van der Waals surface area (Å²) in [6, 6.07) is 0. The molecule has 1 rings (SSSR count). The number of carboxylic acid groups (broad SMARTS) is 1. The Labute approximate surface area is 453 Å². The molecule has 12 heteroatoms. The number of carbonyl (C=O) groups excluding carboxylic acids is 3. The molecule has 0 aromatic carbocycles. The van der Waals surface area contributed by atoms with Crippen molar-refractivity contribution in [3.8, 4) is 0 Å². The van der Waals surface area contributed by atoms with Crippen molar-refractivity contribution in [2.45, 2.75) is 263 Å². The number of rotatable bonds is 48. The zero-order valence-electron chi connectivity index (χ0n) is 46.8. The highest BCUT2D eigenvalue weighted by Crippen LogP contribution is 2.26. The van der Waals surface area contributed by atoms with E-state index in [1.807, 2.05) is 0 Å². The highest BCUT2D eigenvalue weighted by Gasteiger charge is 2.50. The van der Waals surface area contributed by atoms with Crippen LogP contribution in [0.1, 0.15) is 226 Å². The Morgan fingerprint density at radius 3 is 1.35 bits per heavy atom. The average molecular weight is 1050 g/mol. The van der Waals surface area contributed by atoms with Gasteiger partial charge in [-0.25, -0.2) is 4.79 Å². The van der Waals surface area contributed by atoms with Crippen LogP contribution < -0.4 is 0 Å². The maximum atomic E-state index is 13.1. The van der Waals surface area contributed by atoms with E-state index in [2.05, 4.69) is 118 Å². The van der Waals surface area contributed by atoms with Crippen molar-refractivity contribution in [1.82, 2.24) is 0 Å². The van der Waals surface area contributed by atoms with Gasteiger partial charge in [0.05, 0.1) is 6.61 Å². The fourth-order valence-electron chi connectivity index (χ4n) is 8.13. The maximum absolute atomic E-state index is 13.1. The summed E-state index contributed by atoms with van der Waals surface area (Å²) in [5, 5.41) is 31.4. The maximum Gasteiger partial charge on any atom is 0.335 e. The van der Waals surface area contributed by atoms with E-state index >= 15 is 0 Å². The zero-order valence-corrected chi connectivity index (χ0v) is 46.8. The van der Waals surface area contributed by atoms with Crippen LogP contribution in [-0.2, 0) is 42.9 Å². The molecule has 1 heterocycles. The lowest BCUT2D eigenvalue weighted by Crippen LogP contribution is -2.61. The summed E-state index contributed by atoms with van der Waals surface area (Å²) in [4.78, 5) is 51.1. The third-order valence-corrected chi connectivity index (χ3v) is 12.6. The van der Waals surface area contributed by atoms with Crippen LogP contribution in [0.5, 0.6) is 0 Å². The van der Waals surface area contributed by atoms with Crippen LogP contribution in [0.25, 0.3) is 0 Å². The second-order valence-corrected chi connectivity index (χ2v) is 19.5. The van der Waals surface area contributed by atoms with Gasteiger partial charge in [0.15, 0.2) is 24.6 Å². The zero-order chi connectivity index (χ0) is 54.7. The fourth-order valence-corrected chi connectivity index (χ4v) is 8.13. The second kappa shape index (κ2) is 50.5. The van der Waals surface area contributed by atoms with Crippen molar-refractivity contribution in [2.75, 3.05) is 13.2 Å². The third kappa shape index (κ3) is 40.6. The lowest BCUT2D eigenvalue weighted by Gasteiger charge is -2.40. The van der Waals surface area contributed by atoms with E-state index in [9.17, 15) is 34.5 Å². The van der Waals surface area contributed by atoms with Gasteiger partial charge in [0, 0.05) is 19.3 Å². The van der Waals surface area contributed by atoms with Gasteiger partial charge in [-0.05, 0) is 116 Å². The van der Waals surface area contributed by atoms with Gasteiger partial charge in [-0.15, -0.1) is 0 Å². The summed E-state index contributed by atoms with van der Waals surface area (Å²) in [7, 11) is 0. The first-order valence-corrected chi connectivity index (χ1v) is 29.2. The molecule has 426 valence electrons. The predicted molar refractivity (Wildman–Crippen MR) is 303 cm³/mol. The summed E-state index contributed by atoms with van der Waals surface area (Å²) in [6.45, 7) is 5.73. The average Bonchev–Trinajstić information content (AvgIpc) is 3.39. The second-order valence-electron chi connectivity index (χ2n) is 19.5. The highest BCUT2D eigenvalue weighted by atomic mass is 16.7. The molecule has 0 saturated carbocycles. The van der Waals surface area contributed by atoms with Crippen LogP contribution >= 0.6 is 0 Å². The number of esters is 3. The number of aliphatic hydroxyl groups excluding tert-OH is 2. The van der Waals surface area contributed by atoms with Crippen molar-refractivity contribution in [1.29, 1.82) is 0 Å². The van der Waals surface area contributed by atoms with Crippen molar-refractivity contribution in [3.05, 3.63) is 97.2 Å². The number of ether oxygens (including phenoxy) is 5. The van der Waals surface area contributed by atoms with E-state index in [0.29, 0.717) is 19.3 Å². The van der Waals surface area contributed by atoms with Gasteiger partial charge < -0.3 is 39.0 Å². The molecule has 0 aliphatic carbocycles. The van der Waals surface area contributed by atoms with Crippen LogP contribution in [0.4, 0.5) is 0 Å². The van der Waals surface area contributed by atoms with Crippen molar-refractivity contribution in [3.63, 3.8) is 0 Å². The summed E-state index contributed by atoms with van der Waals surface area (Å²) in [6.07, 6.45) is 53.8. The topological polar surface area (TPSA) is 175 Å². The first-order valence-electron chi connectivity index (χ1n) is 29.2. The van der Waals surface area contributed by atoms with Gasteiger partial charge in [0.25, 0.3) is 0 Å². The molecule has 6 atom stereocenters. The Kier molecular flexibility index (Phi) is 46.2. The molecule has 0 amide bonds. The van der Waals surface area contributed by atoms with Crippen LogP contribution in [-0.4, -0.2) is 89.2 Å². The lowest BCUT2D eigenvalue weighted by atomic mass is 9.98. The van der Waals surface area contributed by atoms with E-state index in [1.165, 1.54) is 25.7 Å². The molecule has 0 spiro atoms. The number of aliphatic carboxylic acids is 1. The van der Waals surface area contributed by atoms with E-state index < -0.39 is 67.3 Å². The van der Waals surface area contributed by atoms with Gasteiger partial charge >= 0.3 is 23.9 Å². The standard InChI is InChI=1S/C63H102O12/c1-4-7-10-13-16-19-22-25-26-27-28-29-30-33-34-37-40-43-46-49-55(64)71-52-54(73-56(65)50-47-44-41-38-35-31-23-20-17-14-11-8-5-2)53-72-63-61(59(68)58(67)60(75-63)62(69)70)74-57(66)51-48-45-42-39-36-32-24-21-18-15-12-9-6-3/h8,11-12,15-17,19-21,24-26,28-29,31,35,54,58-61,63,67-68H,4-7,9-10,13-14,18,22-23,27,30,32-34,36-53H2,1-3H3,(H,69,70)/b11-8-,15-12-,19-16-,20-17-,24-21-,26-25-,29-28-,35-31-. The van der Waals surface area contributed by atoms with Crippen LogP contribution in [0, 0.1) is 0 Å². The number of carbonyl (C=O) groups is 4. The van der Waals surface area contributed by atoms with Crippen molar-refractivity contribution < 1.29 is 58.2 Å². The molecule has 6 unspecified atom stereocenters. The number of unbranched alkanes of at least 4 members (excludes halogenated alkanes) is 18. The minimum absolute atomic E-state index is 0.0350. The predicted octanol–water partition coefficient (Wildman–Crippen LogP) is 14.9. The minimum Gasteiger partial charge on any atom is -0.479 e. The van der Waals surface area contributed by atoms with Gasteiger partial charge in [0.2, 0.25) is 0 Å². The first kappa shape index (κ1) is 68.7. The van der Waals surface area contributed by atoms with E-state index in [-0.39, 0.29) is 25.9 Å². The lowest BCUT2D eigenvalue weighted by molar-refractivity contribution is -0.301. The summed E-state index contributed by atoms with van der Waals surface area (Å²) < 4.78 is 28.3. The SMILES string of the molecule is CC/C=C\C/C=C\C/C=C\CCCCCC(=O)OC(COC(=O)CCCCCCCC/C=C\C/C=C\C/C=C\CCCCC)COC1OC(C(=O)O)C(O)C(O)C1OC(=O)CCCCCCC/C=C\C/C=C\CCC. The molecule has 0 aromatic heterocycles. The third-order valence-electron chi connectivity index (χ3n) is 12.6. The van der Waals surface area contributed by atoms with Gasteiger partial charge in [-0.2, -0.15) is 0 Å². The normalized spacial score (nSPS) is 18.9. The molecular formula is C63H102O12. The van der Waals surface area contributed by atoms with Crippen LogP contribution in [0.15, 0.2) is 97.2 Å². The molecule has 0 bridgehead atoms. The Hall–Kier alpha value is -4.36. The molecular weight excluding hydrogens is 949 g/mol. The van der Waals surface area contributed by atoms with Gasteiger partial charge in [0.1, 0.15) is 18.8 Å². The number of hydrogen-bond donors (Lipinski definition) is 3. The van der Waals surface area contributed by atoms with E-state index in [4.69, 9.17) is 23.7 Å². The summed E-state index contributed by atoms with van der Waals surface area (Å²) in [5.41, 5.74) is 0. The highest BCUT2D eigenvalue weighted by molar-refractivity contribution is 5.74. The Balaban J connectivity index is 2.71. The number of allylic oxidation sites excluding steroid dienone is 16. The van der Waals surface area contributed by atoms with E-state index in [1.54, 1.807) is 0 Å². The van der Waals surface area contributed by atoms with Gasteiger partial charge in [-0.1, -0.05) is 189 Å². The molecule has 3 N–H and O–H groups in total. The number of hydrogen-bond acceptors (Lipinski definition) is 11. The molecule has 1 saturated heterocycles. The Morgan fingerprint density at radius 2 is 0.867 bits per heavy atom. The number of aliphatic hydroxyl groups is 2. The summed E-state index contributed by atoms with van der Waals surface area (Å²) >= 11 is 0. The quantitative estimate of drug-likeness (QED) is 0.0228. The molecule has 1 fully saturated rings. The van der Waals surface area contributed by atoms with Gasteiger partial charge in [-0.3, -0.25) is 14.4 Å².